The van der Waals surface area contributed by atoms with Gasteiger partial charge in [0.05, 0.1) is 0 Å². The summed E-state index contributed by atoms with van der Waals surface area (Å²) < 4.78 is 84.7. The summed E-state index contributed by atoms with van der Waals surface area (Å²) in [7, 11) is -4.74. The second-order valence-corrected chi connectivity index (χ2v) is 8.66. The van der Waals surface area contributed by atoms with Crippen LogP contribution in [-0.4, -0.2) is 18.1 Å². The van der Waals surface area contributed by atoms with Gasteiger partial charge >= 0.3 is 13.7 Å². The Morgan fingerprint density at radius 1 is 1.03 bits per heavy atom. The lowest BCUT2D eigenvalue weighted by atomic mass is 9.96. The second-order valence-electron chi connectivity index (χ2n) is 7.04. The fraction of sp³-hybridized carbons (Fsp3) is 0.350. The molecule has 2 aromatic rings. The topological polar surface area (TPSA) is 73.9 Å². The summed E-state index contributed by atoms with van der Waals surface area (Å²) in [5, 5.41) is 2.24. The average Bonchev–Trinajstić information content (AvgIpc) is 2.71. The molecule has 11 heteroatoms. The lowest BCUT2D eigenvalue weighted by molar-refractivity contribution is -0.154. The first-order valence-corrected chi connectivity index (χ1v) is 11.0. The molecular weight excluding hydrogens is 441 g/mol. The zero-order valence-corrected chi connectivity index (χ0v) is 17.6. The number of rotatable bonds is 8. The number of esters is 1. The number of benzene rings is 2. The predicted octanol–water partition coefficient (Wildman–Crippen LogP) is 5.19. The number of carbonyl (C=O) groups excluding carboxylic acids is 1. The van der Waals surface area contributed by atoms with E-state index in [1.165, 1.54) is 31.2 Å². The van der Waals surface area contributed by atoms with E-state index in [0.717, 1.165) is 13.3 Å². The minimum absolute atomic E-state index is 0.0296. The molecule has 31 heavy (non-hydrogen) atoms. The average molecular weight is 461 g/mol. The Bertz CT molecular complexity index is 987. The highest BCUT2D eigenvalue weighted by molar-refractivity contribution is 7.52. The molecule has 0 unspecified atom stereocenters. The van der Waals surface area contributed by atoms with Gasteiger partial charge in [-0.1, -0.05) is 18.2 Å². The van der Waals surface area contributed by atoms with Crippen LogP contribution < -0.4 is 14.1 Å². The van der Waals surface area contributed by atoms with Crippen molar-refractivity contribution < 1.29 is 40.7 Å². The van der Waals surface area contributed by atoms with E-state index in [-0.39, 0.29) is 11.9 Å². The van der Waals surface area contributed by atoms with E-state index >= 15 is 0 Å². The molecule has 1 aliphatic rings. The fourth-order valence-corrected chi connectivity index (χ4v) is 4.18. The second kappa shape index (κ2) is 9.28. The molecule has 0 aromatic heterocycles. The molecule has 1 N–H and O–H groups in total. The molecule has 0 aliphatic heterocycles. The van der Waals surface area contributed by atoms with Crippen molar-refractivity contribution in [1.82, 2.24) is 5.09 Å². The lowest BCUT2D eigenvalue weighted by Gasteiger charge is -2.28. The highest BCUT2D eigenvalue weighted by Crippen LogP contribution is 2.47. The molecule has 0 heterocycles. The molecule has 2 atom stereocenters. The molecule has 168 valence electrons. The first-order valence-electron chi connectivity index (χ1n) is 9.46. The Balaban J connectivity index is 1.91. The number of carbonyl (C=O) groups is 1. The monoisotopic (exact) mass is 461 g/mol. The van der Waals surface area contributed by atoms with Crippen molar-refractivity contribution in [1.29, 1.82) is 0 Å². The summed E-state index contributed by atoms with van der Waals surface area (Å²) in [4.78, 5) is 12.2. The lowest BCUT2D eigenvalue weighted by Crippen LogP contribution is -2.39. The molecular formula is C20H20F4NO5P. The summed E-state index contributed by atoms with van der Waals surface area (Å²) in [6.07, 6.45) is 2.03. The summed E-state index contributed by atoms with van der Waals surface area (Å²) in [6, 6.07) is 6.15. The summed E-state index contributed by atoms with van der Waals surface area (Å²) in [6.45, 7) is 2.14. The van der Waals surface area contributed by atoms with Crippen LogP contribution in [0.25, 0.3) is 0 Å². The van der Waals surface area contributed by atoms with E-state index in [9.17, 15) is 26.9 Å². The molecule has 1 aliphatic carbocycles. The van der Waals surface area contributed by atoms with Gasteiger partial charge in [0.25, 0.3) is 0 Å². The Morgan fingerprint density at radius 2 is 1.68 bits per heavy atom. The van der Waals surface area contributed by atoms with E-state index in [4.69, 9.17) is 13.8 Å². The van der Waals surface area contributed by atoms with Crippen molar-refractivity contribution in [3.63, 3.8) is 0 Å². The molecule has 0 saturated heterocycles. The molecule has 0 spiro atoms. The van der Waals surface area contributed by atoms with Gasteiger partial charge in [0, 0.05) is 5.56 Å². The fourth-order valence-electron chi connectivity index (χ4n) is 2.66. The molecule has 2 aromatic carbocycles. The molecule has 3 rings (SSSR count). The van der Waals surface area contributed by atoms with Crippen molar-refractivity contribution in [2.24, 2.45) is 0 Å². The highest BCUT2D eigenvalue weighted by atomic mass is 31.2. The van der Waals surface area contributed by atoms with Crippen LogP contribution in [0, 0.1) is 30.2 Å². The van der Waals surface area contributed by atoms with Gasteiger partial charge in [-0.3, -0.25) is 4.79 Å². The van der Waals surface area contributed by atoms with E-state index in [1.807, 2.05) is 0 Å². The number of para-hydroxylation sites is 1. The first-order chi connectivity index (χ1) is 14.6. The van der Waals surface area contributed by atoms with Crippen molar-refractivity contribution in [3.8, 4) is 11.5 Å². The Kier molecular flexibility index (Phi) is 6.91. The Hall–Kier alpha value is -2.58. The van der Waals surface area contributed by atoms with Crippen LogP contribution in [0.2, 0.25) is 0 Å². The molecule has 1 fully saturated rings. The predicted molar refractivity (Wildman–Crippen MR) is 103 cm³/mol. The molecule has 0 radical (unpaired) electrons. The van der Waals surface area contributed by atoms with E-state index in [2.05, 4.69) is 5.09 Å². The summed E-state index contributed by atoms with van der Waals surface area (Å²) in [5.41, 5.74) is -0.877. The van der Waals surface area contributed by atoms with Gasteiger partial charge in [-0.15, -0.1) is 0 Å². The van der Waals surface area contributed by atoms with Gasteiger partial charge in [0.15, 0.2) is 17.5 Å². The number of hydrogen-bond donors (Lipinski definition) is 1. The van der Waals surface area contributed by atoms with Crippen LogP contribution in [0.15, 0.2) is 30.3 Å². The van der Waals surface area contributed by atoms with Gasteiger partial charge in [0.1, 0.15) is 17.9 Å². The minimum atomic E-state index is -4.74. The van der Waals surface area contributed by atoms with Gasteiger partial charge in [-0.25, -0.2) is 17.7 Å². The summed E-state index contributed by atoms with van der Waals surface area (Å²) >= 11 is 0. The van der Waals surface area contributed by atoms with Crippen LogP contribution in [-0.2, 0) is 14.1 Å². The third-order valence-corrected chi connectivity index (χ3v) is 6.24. The van der Waals surface area contributed by atoms with Gasteiger partial charge in [0.2, 0.25) is 11.6 Å². The standard InChI is InChI=1S/C20H20F4NO5P/c1-11-15(21)17(23)18(24)19(16(11)22)30-31(27,29-14-7-4-3-5-8-14)25-12(2)20(26)28-13-9-6-10-13/h3-5,7-8,12-13H,6,9-10H2,1-2H3,(H,25,27)/t12-,31+/m0/s1. The SMILES string of the molecule is Cc1c(F)c(F)c(F)c(O[P@@](=O)(N[C@@H](C)C(=O)OC2CCC2)Oc2ccccc2)c1F. The van der Waals surface area contributed by atoms with Crippen LogP contribution in [0.1, 0.15) is 31.7 Å². The number of ether oxygens (including phenoxy) is 1. The van der Waals surface area contributed by atoms with E-state index < -0.39 is 54.3 Å². The Labute approximate surface area is 176 Å². The van der Waals surface area contributed by atoms with Gasteiger partial charge < -0.3 is 13.8 Å². The van der Waals surface area contributed by atoms with E-state index in [0.29, 0.717) is 12.8 Å². The maximum absolute atomic E-state index is 14.4. The third kappa shape index (κ3) is 5.19. The normalized spacial score (nSPS) is 16.7. The molecule has 6 nitrogen and oxygen atoms in total. The number of halogens is 4. The molecule has 1 saturated carbocycles. The van der Waals surface area contributed by atoms with Crippen molar-refractivity contribution in [2.75, 3.05) is 0 Å². The molecule has 0 amide bonds. The highest BCUT2D eigenvalue weighted by Gasteiger charge is 2.38. The first kappa shape index (κ1) is 23.1. The van der Waals surface area contributed by atoms with Crippen LogP contribution in [0.5, 0.6) is 11.5 Å². The van der Waals surface area contributed by atoms with E-state index in [1.54, 1.807) is 6.07 Å². The largest absolute Gasteiger partial charge is 0.513 e. The maximum atomic E-state index is 14.4. The maximum Gasteiger partial charge on any atom is 0.513 e. The Morgan fingerprint density at radius 3 is 2.26 bits per heavy atom. The van der Waals surface area contributed by atoms with Crippen LogP contribution in [0.4, 0.5) is 17.6 Å². The zero-order chi connectivity index (χ0) is 22.8. The van der Waals surface area contributed by atoms with Gasteiger partial charge in [-0.05, 0) is 45.2 Å². The van der Waals surface area contributed by atoms with Crippen LogP contribution >= 0.6 is 7.75 Å². The minimum Gasteiger partial charge on any atom is -0.461 e. The number of hydrogen-bond acceptors (Lipinski definition) is 5. The number of nitrogens with one attached hydrogen (secondary N) is 1. The van der Waals surface area contributed by atoms with Crippen molar-refractivity contribution in [3.05, 3.63) is 59.2 Å². The van der Waals surface area contributed by atoms with Crippen LogP contribution in [0.3, 0.4) is 0 Å². The van der Waals surface area contributed by atoms with Gasteiger partial charge in [-0.2, -0.15) is 9.48 Å². The quantitative estimate of drug-likeness (QED) is 0.192. The summed E-state index contributed by atoms with van der Waals surface area (Å²) in [5.74, 6) is -9.62. The smallest absolute Gasteiger partial charge is 0.461 e. The van der Waals surface area contributed by atoms with Crippen molar-refractivity contribution in [2.45, 2.75) is 45.3 Å². The third-order valence-electron chi connectivity index (χ3n) is 4.66. The zero-order valence-electron chi connectivity index (χ0n) is 16.7. The molecule has 0 bridgehead atoms. The van der Waals surface area contributed by atoms with Crippen molar-refractivity contribution >= 4 is 13.7 Å².